The normalized spacial score (nSPS) is 28.2. The van der Waals surface area contributed by atoms with Gasteiger partial charge in [0.2, 0.25) is 0 Å². The zero-order valence-corrected chi connectivity index (χ0v) is 7.83. The number of carbonyl (C=O) groups is 1. The Morgan fingerprint density at radius 3 is 2.31 bits per heavy atom. The summed E-state index contributed by atoms with van der Waals surface area (Å²) in [6.07, 6.45) is 1.41. The largest absolute Gasteiger partial charge is 0.480 e. The van der Waals surface area contributed by atoms with Crippen molar-refractivity contribution in [1.29, 1.82) is 0 Å². The maximum Gasteiger partial charge on any atom is 0.321 e. The lowest BCUT2D eigenvalue weighted by Crippen LogP contribution is -2.58. The number of carboxylic acids is 1. The minimum Gasteiger partial charge on any atom is -0.480 e. The quantitative estimate of drug-likeness (QED) is 0.499. The van der Waals surface area contributed by atoms with Crippen molar-refractivity contribution in [3.05, 3.63) is 12.7 Å². The van der Waals surface area contributed by atoms with Crippen molar-refractivity contribution in [3.63, 3.8) is 0 Å². The van der Waals surface area contributed by atoms with Crippen molar-refractivity contribution in [2.75, 3.05) is 11.5 Å². The highest BCUT2D eigenvalue weighted by Gasteiger charge is 2.52. The number of hydrogen-bond donors (Lipinski definition) is 4. The Labute approximate surface area is 77.6 Å². The summed E-state index contributed by atoms with van der Waals surface area (Å²) < 4.78 is 18.3. The first-order valence-electron chi connectivity index (χ1n) is 3.68. The van der Waals surface area contributed by atoms with Crippen LogP contribution < -0.4 is 5.73 Å². The molecule has 0 aromatic heterocycles. The van der Waals surface area contributed by atoms with Gasteiger partial charge in [-0.25, -0.2) is 0 Å². The van der Waals surface area contributed by atoms with E-state index in [4.69, 9.17) is 19.9 Å². The zero-order valence-electron chi connectivity index (χ0n) is 7.01. The van der Waals surface area contributed by atoms with Crippen LogP contribution in [0.5, 0.6) is 0 Å². The van der Waals surface area contributed by atoms with Crippen LogP contribution in [-0.4, -0.2) is 37.7 Å². The molecule has 1 fully saturated rings. The van der Waals surface area contributed by atoms with Gasteiger partial charge >= 0.3 is 5.97 Å². The SMILES string of the molecule is C=CC1(C(N)C(=O)O)CS(O)(O)C1. The average Bonchev–Trinajstić information content (AvgIpc) is 1.97. The van der Waals surface area contributed by atoms with Gasteiger partial charge in [0.15, 0.2) is 0 Å². The van der Waals surface area contributed by atoms with Crippen molar-refractivity contribution in [1.82, 2.24) is 0 Å². The van der Waals surface area contributed by atoms with Crippen molar-refractivity contribution < 1.29 is 19.0 Å². The molecule has 1 heterocycles. The Kier molecular flexibility index (Phi) is 2.42. The molecule has 0 bridgehead atoms. The molecule has 0 radical (unpaired) electrons. The second-order valence-electron chi connectivity index (χ2n) is 3.34. The second-order valence-corrected chi connectivity index (χ2v) is 5.53. The Bertz CT molecular complexity index is 245. The lowest BCUT2D eigenvalue weighted by molar-refractivity contribution is -0.140. The topological polar surface area (TPSA) is 104 Å². The van der Waals surface area contributed by atoms with E-state index in [1.54, 1.807) is 0 Å². The molecule has 13 heavy (non-hydrogen) atoms. The van der Waals surface area contributed by atoms with Crippen LogP contribution >= 0.6 is 10.6 Å². The lowest BCUT2D eigenvalue weighted by Gasteiger charge is -2.55. The number of aliphatic carboxylic acids is 1. The molecule has 0 amide bonds. The van der Waals surface area contributed by atoms with Crippen LogP contribution in [0.25, 0.3) is 0 Å². The first-order valence-corrected chi connectivity index (χ1v) is 5.57. The van der Waals surface area contributed by atoms with Crippen LogP contribution in [0.4, 0.5) is 0 Å². The third-order valence-electron chi connectivity index (χ3n) is 2.29. The van der Waals surface area contributed by atoms with Crippen molar-refractivity contribution in [2.45, 2.75) is 6.04 Å². The highest BCUT2D eigenvalue weighted by Crippen LogP contribution is 2.60. The van der Waals surface area contributed by atoms with Crippen LogP contribution in [-0.2, 0) is 4.79 Å². The molecule has 5 N–H and O–H groups in total. The summed E-state index contributed by atoms with van der Waals surface area (Å²) in [6, 6.07) is -1.11. The van der Waals surface area contributed by atoms with E-state index in [2.05, 4.69) is 6.58 Å². The fraction of sp³-hybridized carbons (Fsp3) is 0.571. The van der Waals surface area contributed by atoms with Crippen molar-refractivity contribution >= 4 is 16.6 Å². The first kappa shape index (κ1) is 10.5. The summed E-state index contributed by atoms with van der Waals surface area (Å²) in [5.41, 5.74) is 4.57. The number of nitrogens with two attached hydrogens (primary N) is 1. The van der Waals surface area contributed by atoms with Crippen LogP contribution in [0.2, 0.25) is 0 Å². The highest BCUT2D eigenvalue weighted by atomic mass is 32.3. The van der Waals surface area contributed by atoms with Gasteiger partial charge in [-0.05, 0) is 0 Å². The monoisotopic (exact) mass is 207 g/mol. The number of carboxylic acid groups (broad SMARTS) is 1. The van der Waals surface area contributed by atoms with E-state index in [1.165, 1.54) is 6.08 Å². The molecule has 0 saturated carbocycles. The van der Waals surface area contributed by atoms with Crippen LogP contribution in [0, 0.1) is 5.41 Å². The summed E-state index contributed by atoms with van der Waals surface area (Å²) in [4.78, 5) is 10.6. The molecule has 76 valence electrons. The fourth-order valence-electron chi connectivity index (χ4n) is 1.49. The summed E-state index contributed by atoms with van der Waals surface area (Å²) in [5.74, 6) is -1.12. The van der Waals surface area contributed by atoms with Gasteiger partial charge in [0.05, 0.1) is 11.5 Å². The Morgan fingerprint density at radius 2 is 2.08 bits per heavy atom. The van der Waals surface area contributed by atoms with E-state index < -0.39 is 28.0 Å². The molecule has 5 nitrogen and oxygen atoms in total. The molecule has 0 aliphatic carbocycles. The molecular weight excluding hydrogens is 194 g/mol. The zero-order chi connectivity index (χ0) is 10.3. The average molecular weight is 207 g/mol. The third kappa shape index (κ3) is 1.71. The minimum atomic E-state index is -2.59. The van der Waals surface area contributed by atoms with Gasteiger partial charge < -0.3 is 10.8 Å². The molecule has 6 heteroatoms. The first-order chi connectivity index (χ1) is 5.83. The summed E-state index contributed by atoms with van der Waals surface area (Å²) >= 11 is 0. The van der Waals surface area contributed by atoms with Gasteiger partial charge in [-0.2, -0.15) is 10.6 Å². The molecule has 1 aliphatic heterocycles. The van der Waals surface area contributed by atoms with Gasteiger partial charge in [-0.3, -0.25) is 13.9 Å². The number of hydrogen-bond acceptors (Lipinski definition) is 4. The third-order valence-corrected chi connectivity index (χ3v) is 4.29. The number of rotatable bonds is 3. The van der Waals surface area contributed by atoms with Gasteiger partial charge in [-0.15, -0.1) is 6.58 Å². The maximum absolute atomic E-state index is 10.6. The van der Waals surface area contributed by atoms with E-state index in [1.807, 2.05) is 0 Å². The van der Waals surface area contributed by atoms with Crippen molar-refractivity contribution in [2.24, 2.45) is 11.1 Å². The van der Waals surface area contributed by atoms with Gasteiger partial charge in [0.25, 0.3) is 0 Å². The highest BCUT2D eigenvalue weighted by molar-refractivity contribution is 8.25. The van der Waals surface area contributed by atoms with E-state index >= 15 is 0 Å². The van der Waals surface area contributed by atoms with Crippen LogP contribution in [0.15, 0.2) is 12.7 Å². The summed E-state index contributed by atoms with van der Waals surface area (Å²) in [5, 5.41) is 8.66. The molecular formula is C7H13NO4S. The van der Waals surface area contributed by atoms with Gasteiger partial charge in [0.1, 0.15) is 6.04 Å². The van der Waals surface area contributed by atoms with Crippen molar-refractivity contribution in [3.8, 4) is 0 Å². The molecule has 1 atom stereocenters. The van der Waals surface area contributed by atoms with E-state index in [-0.39, 0.29) is 11.5 Å². The predicted molar refractivity (Wildman–Crippen MR) is 50.8 cm³/mol. The minimum absolute atomic E-state index is 0.0109. The Morgan fingerprint density at radius 1 is 1.62 bits per heavy atom. The Hall–Kier alpha value is -0.560. The molecule has 0 spiro atoms. The van der Waals surface area contributed by atoms with E-state index in [0.29, 0.717) is 0 Å². The summed E-state index contributed by atoms with van der Waals surface area (Å²) in [6.45, 7) is 3.47. The Balaban J connectivity index is 2.76. The molecule has 1 rings (SSSR count). The smallest absolute Gasteiger partial charge is 0.321 e. The van der Waals surface area contributed by atoms with Crippen LogP contribution in [0.1, 0.15) is 0 Å². The standard InChI is InChI=1S/C7H13NO4S/c1-2-7(5(8)6(9)10)3-13(11,12)4-7/h2,5,11-12H,1,3-4,8H2,(H,9,10). The maximum atomic E-state index is 10.6. The molecule has 1 aliphatic rings. The molecule has 1 unspecified atom stereocenters. The van der Waals surface area contributed by atoms with Crippen LogP contribution in [0.3, 0.4) is 0 Å². The van der Waals surface area contributed by atoms with E-state index in [0.717, 1.165) is 0 Å². The lowest BCUT2D eigenvalue weighted by atomic mass is 9.84. The summed E-state index contributed by atoms with van der Waals surface area (Å²) in [7, 11) is -2.59. The second kappa shape index (κ2) is 2.98. The van der Waals surface area contributed by atoms with E-state index in [9.17, 15) is 4.79 Å². The van der Waals surface area contributed by atoms with Gasteiger partial charge in [0, 0.05) is 5.41 Å². The molecule has 0 aromatic carbocycles. The fourth-order valence-corrected chi connectivity index (χ4v) is 3.72. The molecule has 1 saturated heterocycles. The van der Waals surface area contributed by atoms with Gasteiger partial charge in [-0.1, -0.05) is 6.08 Å². The predicted octanol–water partition coefficient (Wildman–Crippen LogP) is 0.335. The molecule has 0 aromatic rings.